The zero-order valence-electron chi connectivity index (χ0n) is 14.3. The largest absolute Gasteiger partial charge is 0.491 e. The third kappa shape index (κ3) is 3.20. The lowest BCUT2D eigenvalue weighted by molar-refractivity contribution is 0.201. The molecular formula is C20H17FN4O2. The van der Waals surface area contributed by atoms with Gasteiger partial charge in [0.15, 0.2) is 5.65 Å². The van der Waals surface area contributed by atoms with E-state index in [4.69, 9.17) is 15.6 Å². The summed E-state index contributed by atoms with van der Waals surface area (Å²) in [5.74, 6) is 0.681. The second-order valence-corrected chi connectivity index (χ2v) is 5.95. The van der Waals surface area contributed by atoms with Crippen molar-refractivity contribution in [3.63, 3.8) is 0 Å². The number of nitrogens with two attached hydrogens (primary N) is 1. The first-order valence-electron chi connectivity index (χ1n) is 8.39. The third-order valence-corrected chi connectivity index (χ3v) is 4.22. The van der Waals surface area contributed by atoms with Gasteiger partial charge in [-0.25, -0.2) is 14.4 Å². The number of rotatable bonds is 5. The van der Waals surface area contributed by atoms with E-state index in [1.165, 1.54) is 18.5 Å². The first-order valence-corrected chi connectivity index (χ1v) is 8.39. The smallest absolute Gasteiger partial charge is 0.150 e. The molecule has 0 atom stereocenters. The molecule has 0 aliphatic carbocycles. The van der Waals surface area contributed by atoms with Crippen molar-refractivity contribution in [1.82, 2.24) is 14.5 Å². The van der Waals surface area contributed by atoms with E-state index in [0.717, 1.165) is 16.8 Å². The number of halogens is 1. The Morgan fingerprint density at radius 2 is 1.93 bits per heavy atom. The van der Waals surface area contributed by atoms with E-state index >= 15 is 0 Å². The lowest BCUT2D eigenvalue weighted by Crippen LogP contribution is -2.02. The van der Waals surface area contributed by atoms with Crippen LogP contribution in [-0.2, 0) is 0 Å². The van der Waals surface area contributed by atoms with E-state index in [-0.39, 0.29) is 19.0 Å². The van der Waals surface area contributed by atoms with Crippen LogP contribution in [0.4, 0.5) is 10.2 Å². The maximum Gasteiger partial charge on any atom is 0.150 e. The van der Waals surface area contributed by atoms with Crippen LogP contribution < -0.4 is 10.5 Å². The Kier molecular flexibility index (Phi) is 4.43. The number of aliphatic hydroxyl groups excluding tert-OH is 1. The number of anilines is 1. The van der Waals surface area contributed by atoms with E-state index in [1.807, 2.05) is 35.0 Å². The topological polar surface area (TPSA) is 86.2 Å². The van der Waals surface area contributed by atoms with Gasteiger partial charge in [0.25, 0.3) is 0 Å². The summed E-state index contributed by atoms with van der Waals surface area (Å²) in [6.45, 7) is 0.154. The van der Waals surface area contributed by atoms with Crippen molar-refractivity contribution < 1.29 is 14.2 Å². The molecule has 2 aromatic heterocycles. The monoisotopic (exact) mass is 364 g/mol. The molecule has 0 saturated heterocycles. The first-order chi connectivity index (χ1) is 13.2. The van der Waals surface area contributed by atoms with Crippen LogP contribution >= 0.6 is 0 Å². The van der Waals surface area contributed by atoms with Crippen molar-refractivity contribution in [3.05, 3.63) is 66.9 Å². The Hall–Kier alpha value is -3.45. The van der Waals surface area contributed by atoms with Gasteiger partial charge in [-0.05, 0) is 29.8 Å². The molecule has 4 rings (SSSR count). The standard InChI is InChI=1S/C20H17FN4O2/c21-14-6-4-13(5-7-14)17-11-25(20-18(17)19(22)23-12-24-20)15-2-1-3-16(10-15)27-9-8-26/h1-7,10-12,26H,8-9H2,(H2,22,23,24). The Bertz CT molecular complexity index is 1090. The highest BCUT2D eigenvalue weighted by atomic mass is 19.1. The highest BCUT2D eigenvalue weighted by Gasteiger charge is 2.16. The fraction of sp³-hybridized carbons (Fsp3) is 0.100. The van der Waals surface area contributed by atoms with E-state index in [1.54, 1.807) is 12.1 Å². The van der Waals surface area contributed by atoms with Gasteiger partial charge in [0.1, 0.15) is 30.3 Å². The number of hydrogen-bond donors (Lipinski definition) is 2. The van der Waals surface area contributed by atoms with E-state index in [2.05, 4.69) is 9.97 Å². The molecule has 3 N–H and O–H groups in total. The summed E-state index contributed by atoms with van der Waals surface area (Å²) in [5.41, 5.74) is 9.21. The van der Waals surface area contributed by atoms with Gasteiger partial charge in [0, 0.05) is 17.8 Å². The summed E-state index contributed by atoms with van der Waals surface area (Å²) in [6, 6.07) is 13.6. The molecular weight excluding hydrogens is 347 g/mol. The van der Waals surface area contributed by atoms with Gasteiger partial charge in [0.05, 0.1) is 17.7 Å². The Labute approximate surface area is 154 Å². The van der Waals surface area contributed by atoms with Crippen LogP contribution in [0.1, 0.15) is 0 Å². The van der Waals surface area contributed by atoms with Crippen molar-refractivity contribution in [1.29, 1.82) is 0 Å². The predicted molar refractivity (Wildman–Crippen MR) is 101 cm³/mol. The number of aromatic nitrogens is 3. The van der Waals surface area contributed by atoms with Crippen molar-refractivity contribution in [2.75, 3.05) is 18.9 Å². The highest BCUT2D eigenvalue weighted by molar-refractivity contribution is 6.01. The van der Waals surface area contributed by atoms with Crippen LogP contribution in [0.3, 0.4) is 0 Å². The van der Waals surface area contributed by atoms with Gasteiger partial charge >= 0.3 is 0 Å². The second kappa shape index (κ2) is 7.05. The van der Waals surface area contributed by atoms with Gasteiger partial charge in [-0.2, -0.15) is 0 Å². The summed E-state index contributed by atoms with van der Waals surface area (Å²) < 4.78 is 20.7. The van der Waals surface area contributed by atoms with Crippen LogP contribution in [-0.4, -0.2) is 32.9 Å². The number of nitrogens with zero attached hydrogens (tertiary/aromatic N) is 3. The van der Waals surface area contributed by atoms with Gasteiger partial charge < -0.3 is 20.1 Å². The Morgan fingerprint density at radius 3 is 2.70 bits per heavy atom. The summed E-state index contributed by atoms with van der Waals surface area (Å²) in [7, 11) is 0. The SMILES string of the molecule is Nc1ncnc2c1c(-c1ccc(F)cc1)cn2-c1cccc(OCCO)c1. The fourth-order valence-electron chi connectivity index (χ4n) is 3.02. The molecule has 0 bridgehead atoms. The molecule has 7 heteroatoms. The van der Waals surface area contributed by atoms with Crippen molar-refractivity contribution in [2.45, 2.75) is 0 Å². The van der Waals surface area contributed by atoms with Crippen molar-refractivity contribution >= 4 is 16.9 Å². The molecule has 6 nitrogen and oxygen atoms in total. The van der Waals surface area contributed by atoms with Crippen LogP contribution in [0.2, 0.25) is 0 Å². The average molecular weight is 364 g/mol. The van der Waals surface area contributed by atoms with Crippen LogP contribution in [0.5, 0.6) is 5.75 Å². The Morgan fingerprint density at radius 1 is 1.11 bits per heavy atom. The molecule has 0 aliphatic rings. The molecule has 2 aromatic carbocycles. The van der Waals surface area contributed by atoms with Gasteiger partial charge in [-0.15, -0.1) is 0 Å². The van der Waals surface area contributed by atoms with Gasteiger partial charge in [0.2, 0.25) is 0 Å². The van der Waals surface area contributed by atoms with E-state index < -0.39 is 0 Å². The molecule has 0 fully saturated rings. The maximum atomic E-state index is 13.3. The Balaban J connectivity index is 1.90. The minimum Gasteiger partial charge on any atom is -0.491 e. The normalized spacial score (nSPS) is 11.0. The number of nitrogen functional groups attached to an aromatic ring is 1. The van der Waals surface area contributed by atoms with Crippen LogP contribution in [0.25, 0.3) is 27.8 Å². The quantitative estimate of drug-likeness (QED) is 0.568. The zero-order valence-corrected chi connectivity index (χ0v) is 14.3. The van der Waals surface area contributed by atoms with E-state index in [9.17, 15) is 4.39 Å². The van der Waals surface area contributed by atoms with Crippen molar-refractivity contribution in [3.8, 4) is 22.6 Å². The summed E-state index contributed by atoms with van der Waals surface area (Å²) in [4.78, 5) is 8.49. The molecule has 0 radical (unpaired) electrons. The molecule has 0 aliphatic heterocycles. The average Bonchev–Trinajstić information content (AvgIpc) is 3.08. The molecule has 0 spiro atoms. The molecule has 4 aromatic rings. The number of benzene rings is 2. The highest BCUT2D eigenvalue weighted by Crippen LogP contribution is 2.34. The third-order valence-electron chi connectivity index (χ3n) is 4.22. The summed E-state index contributed by atoms with van der Waals surface area (Å²) in [5, 5.41) is 9.65. The second-order valence-electron chi connectivity index (χ2n) is 5.95. The fourth-order valence-corrected chi connectivity index (χ4v) is 3.02. The summed E-state index contributed by atoms with van der Waals surface area (Å²) >= 11 is 0. The van der Waals surface area contributed by atoms with Gasteiger partial charge in [-0.3, -0.25) is 0 Å². The number of aliphatic hydroxyl groups is 1. The maximum absolute atomic E-state index is 13.3. The minimum atomic E-state index is -0.305. The lowest BCUT2D eigenvalue weighted by Gasteiger charge is -2.08. The number of hydrogen-bond acceptors (Lipinski definition) is 5. The molecule has 0 saturated carbocycles. The molecule has 0 unspecified atom stereocenters. The lowest BCUT2D eigenvalue weighted by atomic mass is 10.1. The predicted octanol–water partition coefficient (Wildman–Crippen LogP) is 3.18. The van der Waals surface area contributed by atoms with Crippen LogP contribution in [0.15, 0.2) is 61.1 Å². The molecule has 136 valence electrons. The first kappa shape index (κ1) is 17.0. The molecule has 2 heterocycles. The molecule has 0 amide bonds. The van der Waals surface area contributed by atoms with Crippen molar-refractivity contribution in [2.24, 2.45) is 0 Å². The zero-order chi connectivity index (χ0) is 18.8. The molecule has 27 heavy (non-hydrogen) atoms. The van der Waals surface area contributed by atoms with Gasteiger partial charge in [-0.1, -0.05) is 18.2 Å². The minimum absolute atomic E-state index is 0.0604. The number of ether oxygens (including phenoxy) is 1. The summed E-state index contributed by atoms with van der Waals surface area (Å²) in [6.07, 6.45) is 3.31. The van der Waals surface area contributed by atoms with E-state index in [0.29, 0.717) is 22.6 Å². The number of fused-ring (bicyclic) bond motifs is 1. The van der Waals surface area contributed by atoms with Crippen LogP contribution in [0, 0.1) is 5.82 Å².